The molecule has 0 unspecified atom stereocenters. The highest BCUT2D eigenvalue weighted by atomic mass is 16.5. The summed E-state index contributed by atoms with van der Waals surface area (Å²) in [6.45, 7) is 0.703. The van der Waals surface area contributed by atoms with Crippen LogP contribution in [0.15, 0.2) is 0 Å². The van der Waals surface area contributed by atoms with Crippen LogP contribution in [0.3, 0.4) is 0 Å². The minimum atomic E-state index is -0.498. The van der Waals surface area contributed by atoms with Crippen LogP contribution in [-0.2, 0) is 18.9 Å². The Morgan fingerprint density at radius 1 is 0.381 bits per heavy atom. The molecule has 2 saturated heterocycles. The Bertz CT molecular complexity index is 735. The third-order valence-corrected chi connectivity index (χ3v) is 10.5. The summed E-state index contributed by atoms with van der Waals surface area (Å²) >= 11 is 0. The summed E-state index contributed by atoms with van der Waals surface area (Å²) in [5.41, 5.74) is 0. The zero-order chi connectivity index (χ0) is 28.7. The lowest BCUT2D eigenvalue weighted by Gasteiger charge is -2.33. The van der Waals surface area contributed by atoms with Gasteiger partial charge in [0.25, 0.3) is 0 Å². The number of carbonyl (C=O) groups is 2. The van der Waals surface area contributed by atoms with Crippen molar-refractivity contribution >= 4 is 12.1 Å². The highest BCUT2D eigenvalue weighted by molar-refractivity contribution is 5.85. The summed E-state index contributed by atoms with van der Waals surface area (Å²) in [7, 11) is 0. The predicted octanol–water partition coefficient (Wildman–Crippen LogP) is 6.34. The lowest BCUT2D eigenvalue weighted by Crippen LogP contribution is -2.49. The molecule has 0 atom stereocenters. The molecule has 4 aliphatic carbocycles. The number of fused-ring (bicyclic) bond motifs is 1. The van der Waals surface area contributed by atoms with Crippen molar-refractivity contribution in [3.05, 3.63) is 0 Å². The maximum atomic E-state index is 14.1. The van der Waals surface area contributed by atoms with E-state index >= 15 is 0 Å². The van der Waals surface area contributed by atoms with Crippen LogP contribution >= 0.6 is 0 Å². The van der Waals surface area contributed by atoms with E-state index in [1.807, 2.05) is 0 Å². The molecule has 0 aromatic rings. The minimum Gasteiger partial charge on any atom is -0.358 e. The topological polar surface area (TPSA) is 84.0 Å². The Kier molecular flexibility index (Phi) is 10.8. The number of hydrogen-bond acceptors (Lipinski definition) is 6. The van der Waals surface area contributed by atoms with Crippen LogP contribution in [0.25, 0.3) is 0 Å². The van der Waals surface area contributed by atoms with Gasteiger partial charge in [-0.15, -0.1) is 0 Å². The maximum absolute atomic E-state index is 14.1. The third kappa shape index (κ3) is 7.19. The Hall–Kier alpha value is -1.62. The average Bonchev–Trinajstić information content (AvgIpc) is 3.47. The summed E-state index contributed by atoms with van der Waals surface area (Å²) in [5.74, 6) is 0. The second kappa shape index (κ2) is 14.9. The molecule has 2 heterocycles. The standard InChI is InChI=1S/C32H54N4O6/c37-31-33(21-39-25-13-5-1-6-14-25)29-30(35(31)23-41-27-17-9-3-10-18-27)36(24-42-28-19-11-4-12-20-28)32(38)34(29)22-40-26-15-7-2-8-16-26/h25-30H,1-24H2. The largest absolute Gasteiger partial charge is 0.358 e. The summed E-state index contributed by atoms with van der Waals surface area (Å²) in [5, 5.41) is 0. The first-order valence-corrected chi connectivity index (χ1v) is 17.3. The Morgan fingerprint density at radius 2 is 0.595 bits per heavy atom. The van der Waals surface area contributed by atoms with Crippen LogP contribution in [0.2, 0.25) is 0 Å². The lowest BCUT2D eigenvalue weighted by molar-refractivity contribution is -0.0809. The summed E-state index contributed by atoms with van der Waals surface area (Å²) in [6.07, 6.45) is 22.2. The fourth-order valence-corrected chi connectivity index (χ4v) is 7.96. The van der Waals surface area contributed by atoms with Crippen LogP contribution < -0.4 is 0 Å². The second-order valence-corrected chi connectivity index (χ2v) is 13.5. The van der Waals surface area contributed by atoms with E-state index in [0.29, 0.717) is 0 Å². The van der Waals surface area contributed by atoms with Gasteiger partial charge in [0.15, 0.2) is 12.3 Å². The third-order valence-electron chi connectivity index (χ3n) is 10.5. The molecule has 6 fully saturated rings. The minimum absolute atomic E-state index is 0.130. The predicted molar refractivity (Wildman–Crippen MR) is 157 cm³/mol. The monoisotopic (exact) mass is 590 g/mol. The summed E-state index contributed by atoms with van der Waals surface area (Å²) in [6, 6.07) is -0.260. The molecular weight excluding hydrogens is 536 g/mol. The number of amides is 4. The number of urea groups is 2. The number of hydrogen-bond donors (Lipinski definition) is 0. The van der Waals surface area contributed by atoms with E-state index in [9.17, 15) is 9.59 Å². The quantitative estimate of drug-likeness (QED) is 0.264. The Labute approximate surface area is 252 Å². The highest BCUT2D eigenvalue weighted by Crippen LogP contribution is 2.37. The van der Waals surface area contributed by atoms with Crippen LogP contribution in [-0.4, -0.2) is 95.3 Å². The molecule has 10 heteroatoms. The molecular formula is C32H54N4O6. The van der Waals surface area contributed by atoms with Gasteiger partial charge in [0.05, 0.1) is 24.4 Å². The molecule has 0 aromatic heterocycles. The van der Waals surface area contributed by atoms with Crippen molar-refractivity contribution < 1.29 is 28.5 Å². The molecule has 4 saturated carbocycles. The van der Waals surface area contributed by atoms with Crippen molar-refractivity contribution in [2.45, 2.75) is 165 Å². The Balaban J connectivity index is 1.21. The van der Waals surface area contributed by atoms with E-state index in [4.69, 9.17) is 18.9 Å². The maximum Gasteiger partial charge on any atom is 0.327 e. The van der Waals surface area contributed by atoms with Crippen molar-refractivity contribution in [1.29, 1.82) is 0 Å². The molecule has 2 aliphatic heterocycles. The molecule has 238 valence electrons. The van der Waals surface area contributed by atoms with Crippen LogP contribution in [0.4, 0.5) is 9.59 Å². The SMILES string of the molecule is O=C1N(COC2CCCCC2)C2C(N1COC1CCCCC1)N(COC1CCCCC1)C(=O)N2COC1CCCCC1. The van der Waals surface area contributed by atoms with Crippen LogP contribution in [0.1, 0.15) is 128 Å². The second-order valence-electron chi connectivity index (χ2n) is 13.5. The molecule has 42 heavy (non-hydrogen) atoms. The van der Waals surface area contributed by atoms with Gasteiger partial charge in [0, 0.05) is 0 Å². The number of ether oxygens (including phenoxy) is 4. The summed E-state index contributed by atoms with van der Waals surface area (Å²) in [4.78, 5) is 35.3. The number of nitrogens with zero attached hydrogens (tertiary/aromatic N) is 4. The molecule has 0 aromatic carbocycles. The van der Waals surface area contributed by atoms with E-state index in [-0.39, 0.29) is 63.4 Å². The van der Waals surface area contributed by atoms with Crippen molar-refractivity contribution in [3.8, 4) is 0 Å². The zero-order valence-corrected chi connectivity index (χ0v) is 25.7. The molecule has 0 radical (unpaired) electrons. The Morgan fingerprint density at radius 3 is 0.810 bits per heavy atom. The van der Waals surface area contributed by atoms with Gasteiger partial charge in [-0.2, -0.15) is 0 Å². The smallest absolute Gasteiger partial charge is 0.327 e. The summed E-state index contributed by atoms with van der Waals surface area (Å²) < 4.78 is 25.5. The molecule has 4 amide bonds. The number of rotatable bonds is 12. The van der Waals surface area contributed by atoms with E-state index in [2.05, 4.69) is 0 Å². The van der Waals surface area contributed by atoms with Gasteiger partial charge in [0.1, 0.15) is 26.9 Å². The fraction of sp³-hybridized carbons (Fsp3) is 0.938. The molecule has 0 spiro atoms. The van der Waals surface area contributed by atoms with Crippen LogP contribution in [0, 0.1) is 0 Å². The first-order chi connectivity index (χ1) is 20.7. The van der Waals surface area contributed by atoms with E-state index < -0.39 is 12.3 Å². The van der Waals surface area contributed by atoms with Crippen LogP contribution in [0.5, 0.6) is 0 Å². The number of carbonyl (C=O) groups excluding carboxylic acids is 2. The first kappa shape index (κ1) is 30.4. The van der Waals surface area contributed by atoms with E-state index in [1.165, 1.54) is 25.7 Å². The lowest BCUT2D eigenvalue weighted by atomic mass is 9.98. The normalized spacial score (nSPS) is 29.2. The average molecular weight is 591 g/mol. The van der Waals surface area contributed by atoms with Crippen molar-refractivity contribution in [3.63, 3.8) is 0 Å². The van der Waals surface area contributed by atoms with Gasteiger partial charge in [-0.05, 0) is 51.4 Å². The van der Waals surface area contributed by atoms with E-state index in [1.54, 1.807) is 19.6 Å². The molecule has 6 rings (SSSR count). The van der Waals surface area contributed by atoms with Gasteiger partial charge in [-0.25, -0.2) is 9.59 Å². The zero-order valence-electron chi connectivity index (χ0n) is 25.7. The molecule has 10 nitrogen and oxygen atoms in total. The van der Waals surface area contributed by atoms with Crippen molar-refractivity contribution in [1.82, 2.24) is 19.6 Å². The van der Waals surface area contributed by atoms with E-state index in [0.717, 1.165) is 103 Å². The van der Waals surface area contributed by atoms with Crippen molar-refractivity contribution in [2.75, 3.05) is 26.9 Å². The first-order valence-electron chi connectivity index (χ1n) is 17.3. The van der Waals surface area contributed by atoms with Gasteiger partial charge in [0.2, 0.25) is 0 Å². The molecule has 0 N–H and O–H groups in total. The highest BCUT2D eigenvalue weighted by Gasteiger charge is 2.60. The molecule has 6 aliphatic rings. The fourth-order valence-electron chi connectivity index (χ4n) is 7.96. The van der Waals surface area contributed by atoms with Gasteiger partial charge in [-0.1, -0.05) is 77.0 Å². The molecule has 0 bridgehead atoms. The van der Waals surface area contributed by atoms with Gasteiger partial charge in [-0.3, -0.25) is 19.6 Å². The van der Waals surface area contributed by atoms with Gasteiger partial charge < -0.3 is 18.9 Å². The van der Waals surface area contributed by atoms with Gasteiger partial charge >= 0.3 is 12.1 Å². The van der Waals surface area contributed by atoms with Crippen molar-refractivity contribution in [2.24, 2.45) is 0 Å².